The van der Waals surface area contributed by atoms with Crippen LogP contribution in [0, 0.1) is 5.82 Å². The van der Waals surface area contributed by atoms with E-state index in [1.165, 1.54) is 18.2 Å². The predicted octanol–water partition coefficient (Wildman–Crippen LogP) is 4.53. The molecule has 138 valence electrons. The van der Waals surface area contributed by atoms with Gasteiger partial charge in [-0.15, -0.1) is 0 Å². The van der Waals surface area contributed by atoms with E-state index in [-0.39, 0.29) is 17.5 Å². The number of alkyl halides is 3. The number of amides is 1. The van der Waals surface area contributed by atoms with Gasteiger partial charge in [-0.05, 0) is 49.1 Å². The molecular weight excluding hydrogens is 368 g/mol. The number of carbonyl (C=O) groups is 1. The zero-order valence-corrected chi connectivity index (χ0v) is 14.5. The lowest BCUT2D eigenvalue weighted by Crippen LogP contribution is -2.51. The number of benzene rings is 1. The van der Waals surface area contributed by atoms with E-state index < -0.39 is 17.3 Å². The van der Waals surface area contributed by atoms with Crippen LogP contribution in [0.1, 0.15) is 30.4 Å². The Morgan fingerprint density at radius 2 is 1.85 bits per heavy atom. The van der Waals surface area contributed by atoms with Gasteiger partial charge in [0.1, 0.15) is 5.82 Å². The minimum Gasteiger partial charge on any atom is -0.346 e. The fourth-order valence-electron chi connectivity index (χ4n) is 2.86. The average molecular weight is 384 g/mol. The fraction of sp³-hybridized carbons (Fsp3) is 0.333. The topological polar surface area (TPSA) is 42.0 Å². The van der Waals surface area contributed by atoms with Gasteiger partial charge >= 0.3 is 6.18 Å². The van der Waals surface area contributed by atoms with Gasteiger partial charge in [0, 0.05) is 6.20 Å². The van der Waals surface area contributed by atoms with Crippen molar-refractivity contribution < 1.29 is 22.4 Å². The lowest BCUT2D eigenvalue weighted by molar-refractivity contribution is -0.137. The molecule has 0 unspecified atom stereocenters. The maximum atomic E-state index is 13.1. The van der Waals surface area contributed by atoms with Crippen LogP contribution in [0.2, 0.25) is 0 Å². The van der Waals surface area contributed by atoms with Crippen molar-refractivity contribution >= 4 is 17.7 Å². The molecule has 1 aliphatic rings. The Morgan fingerprint density at radius 3 is 2.35 bits per heavy atom. The van der Waals surface area contributed by atoms with Crippen LogP contribution < -0.4 is 5.32 Å². The average Bonchev–Trinajstić information content (AvgIpc) is 2.57. The second kappa shape index (κ2) is 7.26. The molecule has 1 heterocycles. The van der Waals surface area contributed by atoms with Gasteiger partial charge in [0.2, 0.25) is 5.91 Å². The van der Waals surface area contributed by atoms with Crippen LogP contribution in [0.5, 0.6) is 0 Å². The third-order valence-corrected chi connectivity index (χ3v) is 5.34. The van der Waals surface area contributed by atoms with Crippen molar-refractivity contribution in [1.82, 2.24) is 10.3 Å². The summed E-state index contributed by atoms with van der Waals surface area (Å²) >= 11 is 1.07. The summed E-state index contributed by atoms with van der Waals surface area (Å²) < 4.78 is 50.7. The minimum absolute atomic E-state index is 0.0430. The molecule has 0 saturated heterocycles. The zero-order chi connectivity index (χ0) is 18.8. The predicted molar refractivity (Wildman–Crippen MR) is 90.0 cm³/mol. The minimum atomic E-state index is -4.43. The molecule has 3 rings (SSSR count). The lowest BCUT2D eigenvalue weighted by Gasteiger charge is -2.43. The first-order chi connectivity index (χ1) is 12.3. The smallest absolute Gasteiger partial charge is 0.346 e. The largest absolute Gasteiger partial charge is 0.417 e. The molecule has 1 aliphatic carbocycles. The summed E-state index contributed by atoms with van der Waals surface area (Å²) in [5.41, 5.74) is -0.453. The highest BCUT2D eigenvalue weighted by molar-refractivity contribution is 7.99. The third kappa shape index (κ3) is 4.17. The summed E-state index contributed by atoms with van der Waals surface area (Å²) in [7, 11) is 0. The number of halogens is 4. The van der Waals surface area contributed by atoms with Crippen LogP contribution in [-0.4, -0.2) is 16.6 Å². The van der Waals surface area contributed by atoms with Gasteiger partial charge in [-0.1, -0.05) is 23.9 Å². The fourth-order valence-corrected chi connectivity index (χ4v) is 3.50. The zero-order valence-electron chi connectivity index (χ0n) is 13.6. The van der Waals surface area contributed by atoms with Crippen LogP contribution in [0.25, 0.3) is 0 Å². The highest BCUT2D eigenvalue weighted by Gasteiger charge is 2.39. The molecule has 2 aromatic rings. The first-order valence-electron chi connectivity index (χ1n) is 8.02. The molecular formula is C18H16F4N2OS. The van der Waals surface area contributed by atoms with Gasteiger partial charge in [0.05, 0.1) is 21.9 Å². The number of nitrogens with zero attached hydrogens (tertiary/aromatic N) is 1. The van der Waals surface area contributed by atoms with Gasteiger partial charge in [0.15, 0.2) is 0 Å². The summed E-state index contributed by atoms with van der Waals surface area (Å²) in [6.07, 6.45) is -1.17. The highest BCUT2D eigenvalue weighted by atomic mass is 32.2. The monoisotopic (exact) mass is 384 g/mol. The molecule has 3 nitrogen and oxygen atoms in total. The number of thioether (sulfide) groups is 1. The number of rotatable bonds is 5. The van der Waals surface area contributed by atoms with Crippen molar-refractivity contribution in [3.63, 3.8) is 0 Å². The Labute approximate surface area is 152 Å². The van der Waals surface area contributed by atoms with Gasteiger partial charge in [-0.25, -0.2) is 9.37 Å². The number of nitrogens with one attached hydrogen (secondary N) is 1. The number of pyridine rings is 1. The quantitative estimate of drug-likeness (QED) is 0.609. The lowest BCUT2D eigenvalue weighted by atomic mass is 9.72. The molecule has 1 amide bonds. The number of aromatic nitrogens is 1. The Morgan fingerprint density at radius 1 is 1.15 bits per heavy atom. The molecule has 1 aromatic heterocycles. The molecule has 1 saturated carbocycles. The van der Waals surface area contributed by atoms with Crippen molar-refractivity contribution in [2.75, 3.05) is 5.75 Å². The Hall–Kier alpha value is -2.09. The first kappa shape index (κ1) is 18.7. The second-order valence-corrected chi connectivity index (χ2v) is 7.16. The molecule has 0 radical (unpaired) electrons. The number of hydrogen-bond donors (Lipinski definition) is 1. The summed E-state index contributed by atoms with van der Waals surface area (Å²) in [4.78, 5) is 16.0. The van der Waals surface area contributed by atoms with E-state index in [1.54, 1.807) is 12.1 Å². The second-order valence-electron chi connectivity index (χ2n) is 6.16. The summed E-state index contributed by atoms with van der Waals surface area (Å²) in [6.45, 7) is 0. The van der Waals surface area contributed by atoms with Crippen molar-refractivity contribution in [3.05, 3.63) is 59.5 Å². The van der Waals surface area contributed by atoms with Gasteiger partial charge in [-0.2, -0.15) is 13.2 Å². The summed E-state index contributed by atoms with van der Waals surface area (Å²) in [6, 6.07) is 8.25. The third-order valence-electron chi connectivity index (χ3n) is 4.40. The van der Waals surface area contributed by atoms with Gasteiger partial charge < -0.3 is 5.32 Å². The Kier molecular flexibility index (Phi) is 5.22. The van der Waals surface area contributed by atoms with E-state index in [0.29, 0.717) is 5.03 Å². The van der Waals surface area contributed by atoms with E-state index >= 15 is 0 Å². The summed E-state index contributed by atoms with van der Waals surface area (Å²) in [5, 5.41) is 3.33. The number of hydrogen-bond acceptors (Lipinski definition) is 3. The molecule has 0 aliphatic heterocycles. The van der Waals surface area contributed by atoms with E-state index in [1.807, 2.05) is 0 Å². The number of carbonyl (C=O) groups excluding carboxylic acids is 1. The molecule has 8 heteroatoms. The van der Waals surface area contributed by atoms with Crippen LogP contribution in [-0.2, 0) is 16.5 Å². The molecule has 0 bridgehead atoms. The molecule has 0 atom stereocenters. The first-order valence-corrected chi connectivity index (χ1v) is 9.00. The molecule has 1 fully saturated rings. The van der Waals surface area contributed by atoms with E-state index in [0.717, 1.165) is 48.9 Å². The standard InChI is InChI=1S/C18H16F4N2OS/c19-14-5-2-12(3-6-14)17(8-1-9-17)24-15(25)11-26-16-7-4-13(10-23-16)18(20,21)22/h2-7,10H,1,8-9,11H2,(H,24,25). The maximum absolute atomic E-state index is 13.1. The molecule has 0 spiro atoms. The molecule has 26 heavy (non-hydrogen) atoms. The van der Waals surface area contributed by atoms with E-state index in [4.69, 9.17) is 0 Å². The van der Waals surface area contributed by atoms with Crippen molar-refractivity contribution in [2.45, 2.75) is 36.0 Å². The van der Waals surface area contributed by atoms with E-state index in [9.17, 15) is 22.4 Å². The molecule has 1 aromatic carbocycles. The summed E-state index contributed by atoms with van der Waals surface area (Å²) in [5.74, 6) is -0.527. The molecule has 1 N–H and O–H groups in total. The van der Waals surface area contributed by atoms with Crippen LogP contribution >= 0.6 is 11.8 Å². The van der Waals surface area contributed by atoms with Crippen LogP contribution in [0.15, 0.2) is 47.6 Å². The van der Waals surface area contributed by atoms with Gasteiger partial charge in [-0.3, -0.25) is 4.79 Å². The van der Waals surface area contributed by atoms with E-state index in [2.05, 4.69) is 10.3 Å². The van der Waals surface area contributed by atoms with Crippen molar-refractivity contribution in [1.29, 1.82) is 0 Å². The van der Waals surface area contributed by atoms with Crippen molar-refractivity contribution in [3.8, 4) is 0 Å². The van der Waals surface area contributed by atoms with Crippen LogP contribution in [0.3, 0.4) is 0 Å². The van der Waals surface area contributed by atoms with Crippen molar-refractivity contribution in [2.24, 2.45) is 0 Å². The maximum Gasteiger partial charge on any atom is 0.417 e. The van der Waals surface area contributed by atoms with Crippen LogP contribution in [0.4, 0.5) is 17.6 Å². The highest BCUT2D eigenvalue weighted by Crippen LogP contribution is 2.41. The SMILES string of the molecule is O=C(CSc1ccc(C(F)(F)F)cn1)NC1(c2ccc(F)cc2)CCC1. The van der Waals surface area contributed by atoms with Gasteiger partial charge in [0.25, 0.3) is 0 Å². The normalized spacial score (nSPS) is 16.0. The Balaban J connectivity index is 1.59. The Bertz CT molecular complexity index is 771.